The molecule has 0 saturated carbocycles. The van der Waals surface area contributed by atoms with Crippen molar-refractivity contribution in [3.63, 3.8) is 0 Å². The van der Waals surface area contributed by atoms with E-state index < -0.39 is 5.82 Å². The molecule has 2 aromatic heterocycles. The number of ether oxygens (including phenoxy) is 2. The van der Waals surface area contributed by atoms with Crippen LogP contribution in [0.25, 0.3) is 5.65 Å². The third kappa shape index (κ3) is 5.89. The largest absolute Gasteiger partial charge is 0.493 e. The Hall–Kier alpha value is -3.40. The molecule has 2 aromatic carbocycles. The molecule has 0 fully saturated rings. The van der Waals surface area contributed by atoms with Crippen LogP contribution in [0.2, 0.25) is 0 Å². The summed E-state index contributed by atoms with van der Waals surface area (Å²) in [5.41, 5.74) is 8.05. The number of nitrogens with zero attached hydrogens (tertiary/aromatic N) is 3. The van der Waals surface area contributed by atoms with Crippen LogP contribution in [0.4, 0.5) is 4.39 Å². The summed E-state index contributed by atoms with van der Waals surface area (Å²) in [6.07, 6.45) is 6.74. The van der Waals surface area contributed by atoms with Gasteiger partial charge in [-0.05, 0) is 35.9 Å². The fourth-order valence-electron chi connectivity index (χ4n) is 3.12. The van der Waals surface area contributed by atoms with Crippen LogP contribution in [-0.4, -0.2) is 27.4 Å². The second kappa shape index (κ2) is 11.5. The van der Waals surface area contributed by atoms with Crippen molar-refractivity contribution in [3.8, 4) is 17.2 Å². The molecule has 0 bridgehead atoms. The van der Waals surface area contributed by atoms with Gasteiger partial charge in [0.25, 0.3) is 5.91 Å². The van der Waals surface area contributed by atoms with Gasteiger partial charge < -0.3 is 20.5 Å². The van der Waals surface area contributed by atoms with E-state index in [-0.39, 0.29) is 55.3 Å². The van der Waals surface area contributed by atoms with E-state index in [1.165, 1.54) is 19.2 Å². The van der Waals surface area contributed by atoms with Crippen LogP contribution in [0.5, 0.6) is 17.2 Å². The molecule has 33 heavy (non-hydrogen) atoms. The lowest BCUT2D eigenvalue weighted by Gasteiger charge is -2.13. The fourth-order valence-corrected chi connectivity index (χ4v) is 3.12. The zero-order chi connectivity index (χ0) is 21.8. The second-order valence-corrected chi connectivity index (χ2v) is 6.70. The van der Waals surface area contributed by atoms with Crippen molar-refractivity contribution in [2.45, 2.75) is 13.1 Å². The van der Waals surface area contributed by atoms with Gasteiger partial charge in [-0.25, -0.2) is 9.37 Å². The van der Waals surface area contributed by atoms with Crippen molar-refractivity contribution in [1.29, 1.82) is 0 Å². The minimum absolute atomic E-state index is 0. The molecule has 174 valence electrons. The number of aromatic nitrogens is 3. The Morgan fingerprint density at radius 3 is 2.73 bits per heavy atom. The van der Waals surface area contributed by atoms with E-state index in [2.05, 4.69) is 15.3 Å². The second-order valence-electron chi connectivity index (χ2n) is 6.70. The summed E-state index contributed by atoms with van der Waals surface area (Å²) < 4.78 is 26.8. The molecule has 8 nitrogen and oxygen atoms in total. The van der Waals surface area contributed by atoms with E-state index in [1.54, 1.807) is 49.1 Å². The van der Waals surface area contributed by atoms with Crippen molar-refractivity contribution in [3.05, 3.63) is 83.8 Å². The Morgan fingerprint density at radius 1 is 1.15 bits per heavy atom. The number of carbonyl (C=O) groups excluding carboxylic acids is 1. The number of carbonyl (C=O) groups is 1. The van der Waals surface area contributed by atoms with E-state index in [0.717, 1.165) is 5.69 Å². The lowest BCUT2D eigenvalue weighted by molar-refractivity contribution is 0.0950. The third-order valence-electron chi connectivity index (χ3n) is 4.64. The molecule has 0 aliphatic carbocycles. The summed E-state index contributed by atoms with van der Waals surface area (Å²) in [5.74, 6) is 0.178. The number of nitrogens with two attached hydrogens (primary N) is 1. The van der Waals surface area contributed by atoms with Gasteiger partial charge in [0.2, 0.25) is 0 Å². The number of fused-ring (bicyclic) bond motifs is 1. The van der Waals surface area contributed by atoms with Crippen LogP contribution in [0.1, 0.15) is 21.6 Å². The van der Waals surface area contributed by atoms with Crippen LogP contribution < -0.4 is 20.5 Å². The zero-order valence-electron chi connectivity index (χ0n) is 17.5. The van der Waals surface area contributed by atoms with Crippen LogP contribution in [0, 0.1) is 5.82 Å². The zero-order valence-corrected chi connectivity index (χ0v) is 19.2. The predicted octanol–water partition coefficient (Wildman–Crippen LogP) is 3.90. The summed E-state index contributed by atoms with van der Waals surface area (Å²) in [6, 6.07) is 8.99. The van der Waals surface area contributed by atoms with Crippen molar-refractivity contribution in [2.24, 2.45) is 5.73 Å². The first-order valence-corrected chi connectivity index (χ1v) is 9.47. The molecule has 2 heterocycles. The summed E-state index contributed by atoms with van der Waals surface area (Å²) >= 11 is 0. The maximum Gasteiger partial charge on any atom is 0.251 e. The Kier molecular flexibility index (Phi) is 8.98. The predicted molar refractivity (Wildman–Crippen MR) is 126 cm³/mol. The molecule has 1 amide bonds. The van der Waals surface area contributed by atoms with Crippen molar-refractivity contribution < 1.29 is 18.7 Å². The first kappa shape index (κ1) is 25.9. The average Bonchev–Trinajstić information content (AvgIpc) is 3.20. The van der Waals surface area contributed by atoms with Gasteiger partial charge in [-0.3, -0.25) is 14.2 Å². The quantitative estimate of drug-likeness (QED) is 0.404. The highest BCUT2D eigenvalue weighted by Crippen LogP contribution is 2.33. The number of amides is 1. The molecule has 0 radical (unpaired) electrons. The minimum Gasteiger partial charge on any atom is -0.493 e. The molecular formula is C22H22Cl2FN5O3. The molecular weight excluding hydrogens is 472 g/mol. The molecule has 4 aromatic rings. The SMILES string of the molecule is COc1ccc(C(=O)NCc2cnc3cnccn23)cc1Oc1cc(F)cc(CN)c1.Cl.Cl. The highest BCUT2D eigenvalue weighted by Gasteiger charge is 2.14. The first-order valence-electron chi connectivity index (χ1n) is 9.47. The Balaban J connectivity index is 0.00000193. The molecule has 0 unspecified atom stereocenters. The Morgan fingerprint density at radius 2 is 1.97 bits per heavy atom. The van der Waals surface area contributed by atoms with Gasteiger partial charge in [0.05, 0.1) is 31.7 Å². The number of imidazole rings is 1. The number of nitrogens with one attached hydrogen (secondary N) is 1. The number of benzene rings is 2. The van der Waals surface area contributed by atoms with Crippen LogP contribution in [0.3, 0.4) is 0 Å². The van der Waals surface area contributed by atoms with Crippen LogP contribution >= 0.6 is 24.8 Å². The molecule has 0 aliphatic heterocycles. The maximum absolute atomic E-state index is 13.8. The van der Waals surface area contributed by atoms with Gasteiger partial charge in [-0.1, -0.05) is 0 Å². The van der Waals surface area contributed by atoms with Crippen molar-refractivity contribution in [1.82, 2.24) is 19.7 Å². The topological polar surface area (TPSA) is 104 Å². The average molecular weight is 494 g/mol. The highest BCUT2D eigenvalue weighted by atomic mass is 35.5. The Bertz CT molecular complexity index is 1250. The van der Waals surface area contributed by atoms with E-state index in [0.29, 0.717) is 22.5 Å². The number of hydrogen-bond donors (Lipinski definition) is 2. The van der Waals surface area contributed by atoms with E-state index in [1.807, 2.05) is 4.40 Å². The molecule has 0 atom stereocenters. The molecule has 0 spiro atoms. The van der Waals surface area contributed by atoms with Gasteiger partial charge in [-0.15, -0.1) is 24.8 Å². The van der Waals surface area contributed by atoms with Gasteiger partial charge in [0, 0.05) is 30.6 Å². The number of methoxy groups -OCH3 is 1. The molecule has 3 N–H and O–H groups in total. The van der Waals surface area contributed by atoms with Gasteiger partial charge in [-0.2, -0.15) is 0 Å². The number of rotatable bonds is 7. The van der Waals surface area contributed by atoms with Crippen LogP contribution in [-0.2, 0) is 13.1 Å². The summed E-state index contributed by atoms with van der Waals surface area (Å²) in [4.78, 5) is 21.0. The number of halogens is 3. The fraction of sp³-hybridized carbons (Fsp3) is 0.136. The van der Waals surface area contributed by atoms with E-state index in [9.17, 15) is 9.18 Å². The maximum atomic E-state index is 13.8. The highest BCUT2D eigenvalue weighted by molar-refractivity contribution is 5.94. The minimum atomic E-state index is -0.464. The smallest absolute Gasteiger partial charge is 0.251 e. The van der Waals surface area contributed by atoms with E-state index in [4.69, 9.17) is 15.2 Å². The summed E-state index contributed by atoms with van der Waals surface area (Å²) in [6.45, 7) is 0.447. The normalized spacial score (nSPS) is 10.2. The van der Waals surface area contributed by atoms with Gasteiger partial charge >= 0.3 is 0 Å². The van der Waals surface area contributed by atoms with Crippen LogP contribution in [0.15, 0.2) is 61.2 Å². The van der Waals surface area contributed by atoms with E-state index >= 15 is 0 Å². The van der Waals surface area contributed by atoms with Crippen molar-refractivity contribution >= 4 is 36.4 Å². The lowest BCUT2D eigenvalue weighted by atomic mass is 10.1. The third-order valence-corrected chi connectivity index (χ3v) is 4.64. The monoisotopic (exact) mass is 493 g/mol. The van der Waals surface area contributed by atoms with Gasteiger partial charge in [0.1, 0.15) is 11.6 Å². The molecule has 0 saturated heterocycles. The van der Waals surface area contributed by atoms with Gasteiger partial charge in [0.15, 0.2) is 17.1 Å². The summed E-state index contributed by atoms with van der Waals surface area (Å²) in [5, 5.41) is 2.86. The summed E-state index contributed by atoms with van der Waals surface area (Å²) in [7, 11) is 1.48. The molecule has 11 heteroatoms. The van der Waals surface area contributed by atoms with Crippen molar-refractivity contribution in [2.75, 3.05) is 7.11 Å². The molecule has 0 aliphatic rings. The first-order chi connectivity index (χ1) is 15.1. The molecule has 4 rings (SSSR count). The Labute approximate surface area is 201 Å². The standard InChI is InChI=1S/C22H20FN5O3.2ClH/c1-30-19-3-2-15(8-20(19)31-18-7-14(10-24)6-16(23)9-18)22(29)27-12-17-11-26-21-13-25-4-5-28(17)21;;/h2-9,11,13H,10,12,24H2,1H3,(H,27,29);2*1H. The number of hydrogen-bond acceptors (Lipinski definition) is 6. The lowest BCUT2D eigenvalue weighted by Crippen LogP contribution is -2.23.